The van der Waals surface area contributed by atoms with Gasteiger partial charge in [0, 0.05) is 18.2 Å². The lowest BCUT2D eigenvalue weighted by atomic mass is 10.1. The van der Waals surface area contributed by atoms with Crippen molar-refractivity contribution in [2.24, 2.45) is 0 Å². The van der Waals surface area contributed by atoms with Gasteiger partial charge in [-0.1, -0.05) is 0 Å². The fourth-order valence-electron chi connectivity index (χ4n) is 2.59. The van der Waals surface area contributed by atoms with Crippen LogP contribution in [0.5, 0.6) is 17.2 Å². The van der Waals surface area contributed by atoms with Crippen molar-refractivity contribution in [1.29, 1.82) is 0 Å². The van der Waals surface area contributed by atoms with Gasteiger partial charge in [0.05, 0.1) is 26.9 Å². The van der Waals surface area contributed by atoms with Crippen molar-refractivity contribution in [3.8, 4) is 17.2 Å². The van der Waals surface area contributed by atoms with Gasteiger partial charge in [-0.25, -0.2) is 4.39 Å². The highest BCUT2D eigenvalue weighted by molar-refractivity contribution is 5.92. The molecule has 2 aromatic carbocycles. The summed E-state index contributed by atoms with van der Waals surface area (Å²) in [4.78, 5) is 12.0. The average Bonchev–Trinajstić information content (AvgIpc) is 2.68. The Bertz CT molecular complexity index is 910. The lowest BCUT2D eigenvalue weighted by Gasteiger charge is -2.14. The molecule has 1 N–H and O–H groups in total. The molecule has 0 aliphatic heterocycles. The standard InChI is InChI=1S/C20H19F4NO4/c1-27-16-6-4-13(18(28-2)19(16)29-3)5-7-17(26)25-11-12-8-14(20(22,23)24)10-15(21)9-12/h4-10H,11H2,1-3H3,(H,25,26). The van der Waals surface area contributed by atoms with Crippen molar-refractivity contribution in [3.63, 3.8) is 0 Å². The van der Waals surface area contributed by atoms with Gasteiger partial charge < -0.3 is 19.5 Å². The number of alkyl halides is 3. The smallest absolute Gasteiger partial charge is 0.416 e. The average molecular weight is 413 g/mol. The van der Waals surface area contributed by atoms with E-state index in [4.69, 9.17) is 14.2 Å². The maximum absolute atomic E-state index is 13.4. The fraction of sp³-hybridized carbons (Fsp3) is 0.250. The van der Waals surface area contributed by atoms with Crippen molar-refractivity contribution in [2.75, 3.05) is 21.3 Å². The first-order valence-corrected chi connectivity index (χ1v) is 8.31. The molecule has 29 heavy (non-hydrogen) atoms. The molecule has 156 valence electrons. The minimum absolute atomic E-state index is 0.0113. The maximum atomic E-state index is 13.4. The first-order chi connectivity index (χ1) is 13.7. The summed E-state index contributed by atoms with van der Waals surface area (Å²) in [5.74, 6) is -0.486. The normalized spacial score (nSPS) is 11.4. The van der Waals surface area contributed by atoms with Crippen molar-refractivity contribution >= 4 is 12.0 Å². The number of halogens is 4. The molecule has 0 heterocycles. The Morgan fingerprint density at radius 1 is 1.03 bits per heavy atom. The molecule has 5 nitrogen and oxygen atoms in total. The zero-order valence-electron chi connectivity index (χ0n) is 15.9. The van der Waals surface area contributed by atoms with E-state index >= 15 is 0 Å². The third-order valence-corrected chi connectivity index (χ3v) is 3.90. The number of hydrogen-bond acceptors (Lipinski definition) is 4. The Morgan fingerprint density at radius 3 is 2.31 bits per heavy atom. The van der Waals surface area contributed by atoms with E-state index in [1.54, 1.807) is 12.1 Å². The van der Waals surface area contributed by atoms with Crippen LogP contribution in [0, 0.1) is 5.82 Å². The second kappa shape index (κ2) is 9.31. The number of carbonyl (C=O) groups excluding carboxylic acids is 1. The van der Waals surface area contributed by atoms with Crippen LogP contribution in [0.4, 0.5) is 17.6 Å². The minimum atomic E-state index is -4.68. The van der Waals surface area contributed by atoms with Gasteiger partial charge in [-0.05, 0) is 42.0 Å². The van der Waals surface area contributed by atoms with Crippen LogP contribution in [0.15, 0.2) is 36.4 Å². The van der Waals surface area contributed by atoms with Crippen LogP contribution in [0.3, 0.4) is 0 Å². The van der Waals surface area contributed by atoms with E-state index in [1.807, 2.05) is 0 Å². The molecule has 0 aliphatic rings. The van der Waals surface area contributed by atoms with Crippen LogP contribution in [0.25, 0.3) is 6.08 Å². The van der Waals surface area contributed by atoms with Gasteiger partial charge in [0.2, 0.25) is 11.7 Å². The molecule has 2 aromatic rings. The summed E-state index contributed by atoms with van der Waals surface area (Å²) in [6, 6.07) is 5.38. The highest BCUT2D eigenvalue weighted by Gasteiger charge is 2.31. The predicted octanol–water partition coefficient (Wildman–Crippen LogP) is 4.20. The van der Waals surface area contributed by atoms with Gasteiger partial charge in [-0.2, -0.15) is 13.2 Å². The van der Waals surface area contributed by atoms with E-state index in [-0.39, 0.29) is 12.1 Å². The van der Waals surface area contributed by atoms with Gasteiger partial charge in [0.15, 0.2) is 11.5 Å². The van der Waals surface area contributed by atoms with Gasteiger partial charge >= 0.3 is 6.18 Å². The second-order valence-corrected chi connectivity index (χ2v) is 5.82. The molecular weight excluding hydrogens is 394 g/mol. The van der Waals surface area contributed by atoms with E-state index < -0.39 is 23.5 Å². The molecule has 0 saturated heterocycles. The Labute approximate surface area is 164 Å². The molecule has 0 aliphatic carbocycles. The van der Waals surface area contributed by atoms with E-state index in [0.717, 1.165) is 12.1 Å². The summed E-state index contributed by atoms with van der Waals surface area (Å²) in [5.41, 5.74) is -0.611. The summed E-state index contributed by atoms with van der Waals surface area (Å²) in [6.45, 7) is -0.271. The topological polar surface area (TPSA) is 56.8 Å². The molecule has 0 bridgehead atoms. The molecule has 0 unspecified atom stereocenters. The monoisotopic (exact) mass is 413 g/mol. The molecule has 0 radical (unpaired) electrons. The number of ether oxygens (including phenoxy) is 3. The lowest BCUT2D eigenvalue weighted by molar-refractivity contribution is -0.137. The highest BCUT2D eigenvalue weighted by atomic mass is 19.4. The van der Waals surface area contributed by atoms with E-state index in [1.165, 1.54) is 33.5 Å². The van der Waals surface area contributed by atoms with Gasteiger partial charge in [0.25, 0.3) is 0 Å². The third-order valence-electron chi connectivity index (χ3n) is 3.90. The third kappa shape index (κ3) is 5.63. The number of hydrogen-bond donors (Lipinski definition) is 1. The zero-order chi connectivity index (χ0) is 21.6. The van der Waals surface area contributed by atoms with Crippen molar-refractivity contribution in [2.45, 2.75) is 12.7 Å². The second-order valence-electron chi connectivity index (χ2n) is 5.82. The van der Waals surface area contributed by atoms with Crippen LogP contribution in [0.2, 0.25) is 0 Å². The Morgan fingerprint density at radius 2 is 1.72 bits per heavy atom. The zero-order valence-corrected chi connectivity index (χ0v) is 15.9. The molecule has 0 spiro atoms. The van der Waals surface area contributed by atoms with Crippen LogP contribution < -0.4 is 19.5 Å². The summed E-state index contributed by atoms with van der Waals surface area (Å²) >= 11 is 0. The Hall–Kier alpha value is -3.23. The SMILES string of the molecule is COc1ccc(C=CC(=O)NCc2cc(F)cc(C(F)(F)F)c2)c(OC)c1OC. The largest absolute Gasteiger partial charge is 0.493 e. The first kappa shape index (κ1) is 22.1. The Kier molecular flexibility index (Phi) is 7.08. The molecule has 1 amide bonds. The van der Waals surface area contributed by atoms with Crippen LogP contribution >= 0.6 is 0 Å². The van der Waals surface area contributed by atoms with Crippen LogP contribution in [-0.4, -0.2) is 27.2 Å². The predicted molar refractivity (Wildman–Crippen MR) is 98.4 cm³/mol. The first-order valence-electron chi connectivity index (χ1n) is 8.31. The van der Waals surface area contributed by atoms with Gasteiger partial charge in [-0.3, -0.25) is 4.79 Å². The number of nitrogens with one attached hydrogen (secondary N) is 1. The van der Waals surface area contributed by atoms with Gasteiger partial charge in [0.1, 0.15) is 5.82 Å². The molecular formula is C20H19F4NO4. The van der Waals surface area contributed by atoms with Crippen molar-refractivity contribution < 1.29 is 36.6 Å². The van der Waals surface area contributed by atoms with Crippen LogP contribution in [-0.2, 0) is 17.5 Å². The number of rotatable bonds is 7. The number of amides is 1. The fourth-order valence-corrected chi connectivity index (χ4v) is 2.59. The lowest BCUT2D eigenvalue weighted by Crippen LogP contribution is -2.20. The Balaban J connectivity index is 2.12. The molecule has 0 saturated carbocycles. The van der Waals surface area contributed by atoms with Crippen molar-refractivity contribution in [1.82, 2.24) is 5.32 Å². The number of methoxy groups -OCH3 is 3. The van der Waals surface area contributed by atoms with E-state index in [9.17, 15) is 22.4 Å². The quantitative estimate of drug-likeness (QED) is 0.546. The molecule has 9 heteroatoms. The summed E-state index contributed by atoms with van der Waals surface area (Å²) in [7, 11) is 4.34. The highest BCUT2D eigenvalue weighted by Crippen LogP contribution is 2.40. The maximum Gasteiger partial charge on any atom is 0.416 e. The summed E-state index contributed by atoms with van der Waals surface area (Å²) in [5, 5.41) is 2.41. The number of benzene rings is 2. The minimum Gasteiger partial charge on any atom is -0.493 e. The summed E-state index contributed by atoms with van der Waals surface area (Å²) in [6.07, 6.45) is -2.05. The molecule has 0 aromatic heterocycles. The van der Waals surface area contributed by atoms with Crippen LogP contribution in [0.1, 0.15) is 16.7 Å². The van der Waals surface area contributed by atoms with Gasteiger partial charge in [-0.15, -0.1) is 0 Å². The number of carbonyl (C=O) groups is 1. The van der Waals surface area contributed by atoms with Crippen molar-refractivity contribution in [3.05, 3.63) is 58.9 Å². The summed E-state index contributed by atoms with van der Waals surface area (Å²) < 4.78 is 67.4. The van der Waals surface area contributed by atoms with E-state index in [0.29, 0.717) is 28.9 Å². The molecule has 0 fully saturated rings. The van der Waals surface area contributed by atoms with E-state index in [2.05, 4.69) is 5.32 Å². The molecule has 2 rings (SSSR count). The molecule has 0 atom stereocenters.